The van der Waals surface area contributed by atoms with Crippen molar-refractivity contribution in [2.45, 2.75) is 45.9 Å². The van der Waals surface area contributed by atoms with Crippen molar-refractivity contribution in [2.75, 3.05) is 6.54 Å². The molecular formula is C16H24N2O. The quantitative estimate of drug-likeness (QED) is 0.751. The number of aromatic nitrogens is 1. The molecule has 3 heteroatoms. The van der Waals surface area contributed by atoms with Crippen molar-refractivity contribution < 1.29 is 5.11 Å². The number of aryl methyl sites for hydroxylation is 1. The fraction of sp³-hybridized carbons (Fsp3) is 0.500. The van der Waals surface area contributed by atoms with Gasteiger partial charge in [0.25, 0.3) is 0 Å². The van der Waals surface area contributed by atoms with Crippen LogP contribution in [0.3, 0.4) is 0 Å². The van der Waals surface area contributed by atoms with E-state index in [1.165, 1.54) is 16.5 Å². The number of hydrogen-bond acceptors (Lipinski definition) is 2. The summed E-state index contributed by atoms with van der Waals surface area (Å²) in [7, 11) is 0. The summed E-state index contributed by atoms with van der Waals surface area (Å²) in [5.74, 6) is 0. The zero-order valence-corrected chi connectivity index (χ0v) is 11.9. The molecule has 1 aromatic carbocycles. The van der Waals surface area contributed by atoms with Crippen LogP contribution in [0.2, 0.25) is 0 Å². The van der Waals surface area contributed by atoms with E-state index in [-0.39, 0.29) is 6.10 Å². The van der Waals surface area contributed by atoms with Gasteiger partial charge < -0.3 is 15.0 Å². The van der Waals surface area contributed by atoms with E-state index in [4.69, 9.17) is 0 Å². The maximum atomic E-state index is 9.40. The fourth-order valence-electron chi connectivity index (χ4n) is 2.27. The molecule has 0 aliphatic carbocycles. The molecule has 2 N–H and O–H groups in total. The molecule has 1 atom stereocenters. The van der Waals surface area contributed by atoms with Crippen molar-refractivity contribution in [3.63, 3.8) is 0 Å². The van der Waals surface area contributed by atoms with E-state index in [0.29, 0.717) is 0 Å². The van der Waals surface area contributed by atoms with E-state index in [1.807, 2.05) is 6.92 Å². The third-order valence-electron chi connectivity index (χ3n) is 3.38. The highest BCUT2D eigenvalue weighted by Crippen LogP contribution is 2.18. The van der Waals surface area contributed by atoms with E-state index in [1.54, 1.807) is 0 Å². The van der Waals surface area contributed by atoms with Crippen molar-refractivity contribution in [2.24, 2.45) is 0 Å². The first-order chi connectivity index (χ1) is 9.20. The van der Waals surface area contributed by atoms with Gasteiger partial charge in [-0.2, -0.15) is 0 Å². The molecule has 0 spiro atoms. The highest BCUT2D eigenvalue weighted by Gasteiger charge is 2.04. The van der Waals surface area contributed by atoms with Crippen LogP contribution in [-0.4, -0.2) is 22.3 Å². The zero-order valence-electron chi connectivity index (χ0n) is 11.9. The third-order valence-corrected chi connectivity index (χ3v) is 3.38. The highest BCUT2D eigenvalue weighted by atomic mass is 16.3. The van der Waals surface area contributed by atoms with Gasteiger partial charge >= 0.3 is 0 Å². The van der Waals surface area contributed by atoms with E-state index in [9.17, 15) is 5.11 Å². The second-order valence-corrected chi connectivity index (χ2v) is 5.22. The topological polar surface area (TPSA) is 37.2 Å². The van der Waals surface area contributed by atoms with E-state index in [0.717, 1.165) is 32.5 Å². The fourth-order valence-corrected chi connectivity index (χ4v) is 2.27. The lowest BCUT2D eigenvalue weighted by Gasteiger charge is -2.09. The largest absolute Gasteiger partial charge is 0.393 e. The number of hydrogen-bond donors (Lipinski definition) is 2. The van der Waals surface area contributed by atoms with Crippen LogP contribution in [-0.2, 0) is 13.1 Å². The second-order valence-electron chi connectivity index (χ2n) is 5.22. The van der Waals surface area contributed by atoms with Crippen LogP contribution in [0.25, 0.3) is 10.9 Å². The molecule has 0 saturated heterocycles. The van der Waals surface area contributed by atoms with Crippen LogP contribution in [0.15, 0.2) is 30.5 Å². The monoisotopic (exact) mass is 260 g/mol. The van der Waals surface area contributed by atoms with Gasteiger partial charge in [0.15, 0.2) is 0 Å². The van der Waals surface area contributed by atoms with Crippen molar-refractivity contribution in [1.82, 2.24) is 9.88 Å². The Kier molecular flexibility index (Phi) is 5.00. The van der Waals surface area contributed by atoms with Crippen molar-refractivity contribution in [3.05, 3.63) is 36.0 Å². The minimum absolute atomic E-state index is 0.244. The number of nitrogens with one attached hydrogen (secondary N) is 1. The molecule has 0 amide bonds. The van der Waals surface area contributed by atoms with Crippen molar-refractivity contribution in [1.29, 1.82) is 0 Å². The molecule has 19 heavy (non-hydrogen) atoms. The Morgan fingerprint density at radius 3 is 2.89 bits per heavy atom. The molecule has 1 heterocycles. The molecule has 0 fully saturated rings. The van der Waals surface area contributed by atoms with Gasteiger partial charge in [-0.15, -0.1) is 0 Å². The summed E-state index contributed by atoms with van der Waals surface area (Å²) in [5.41, 5.74) is 2.58. The summed E-state index contributed by atoms with van der Waals surface area (Å²) in [4.78, 5) is 0. The van der Waals surface area contributed by atoms with Gasteiger partial charge in [0.05, 0.1) is 6.10 Å². The summed E-state index contributed by atoms with van der Waals surface area (Å²) in [6.07, 6.45) is 3.82. The highest BCUT2D eigenvalue weighted by molar-refractivity contribution is 5.80. The number of benzene rings is 1. The van der Waals surface area contributed by atoms with Crippen LogP contribution in [0.5, 0.6) is 0 Å². The molecule has 2 aromatic rings. The standard InChI is InChI=1S/C16H24N2O/c1-3-8-17-12-14-4-5-15-7-10-18(16(15)11-14)9-6-13(2)19/h4-5,7,10-11,13,17,19H,3,6,8-9,12H2,1-2H3. The van der Waals surface area contributed by atoms with E-state index < -0.39 is 0 Å². The summed E-state index contributed by atoms with van der Waals surface area (Å²) in [6, 6.07) is 8.75. The molecule has 3 nitrogen and oxygen atoms in total. The van der Waals surface area contributed by atoms with Crippen LogP contribution < -0.4 is 5.32 Å². The summed E-state index contributed by atoms with van der Waals surface area (Å²) in [5, 5.41) is 14.1. The Hall–Kier alpha value is -1.32. The number of aliphatic hydroxyl groups excluding tert-OH is 1. The SMILES string of the molecule is CCCNCc1ccc2ccn(CCC(C)O)c2c1. The van der Waals surface area contributed by atoms with Crippen LogP contribution in [0, 0.1) is 0 Å². The first-order valence-electron chi connectivity index (χ1n) is 7.17. The average Bonchev–Trinajstić information content (AvgIpc) is 2.79. The predicted octanol–water partition coefficient (Wildman–Crippen LogP) is 2.91. The number of rotatable bonds is 7. The lowest BCUT2D eigenvalue weighted by atomic mass is 10.1. The molecule has 0 radical (unpaired) electrons. The van der Waals surface area contributed by atoms with Crippen LogP contribution >= 0.6 is 0 Å². The Morgan fingerprint density at radius 2 is 2.16 bits per heavy atom. The van der Waals surface area contributed by atoms with Gasteiger partial charge in [-0.1, -0.05) is 19.1 Å². The lowest BCUT2D eigenvalue weighted by Crippen LogP contribution is -2.13. The average molecular weight is 260 g/mol. The van der Waals surface area contributed by atoms with Crippen molar-refractivity contribution in [3.8, 4) is 0 Å². The molecule has 1 unspecified atom stereocenters. The maximum Gasteiger partial charge on any atom is 0.0529 e. The molecule has 0 aliphatic heterocycles. The lowest BCUT2D eigenvalue weighted by molar-refractivity contribution is 0.178. The van der Waals surface area contributed by atoms with Gasteiger partial charge in [-0.25, -0.2) is 0 Å². The summed E-state index contributed by atoms with van der Waals surface area (Å²) >= 11 is 0. The molecule has 2 rings (SSSR count). The Labute approximate surface area is 115 Å². The summed E-state index contributed by atoms with van der Waals surface area (Å²) < 4.78 is 2.23. The van der Waals surface area contributed by atoms with Gasteiger partial charge in [-0.3, -0.25) is 0 Å². The number of nitrogens with zero attached hydrogens (tertiary/aromatic N) is 1. The smallest absolute Gasteiger partial charge is 0.0529 e. The predicted molar refractivity (Wildman–Crippen MR) is 80.2 cm³/mol. The molecule has 0 saturated carbocycles. The first kappa shape index (κ1) is 14.1. The van der Waals surface area contributed by atoms with Crippen molar-refractivity contribution >= 4 is 10.9 Å². The third kappa shape index (κ3) is 3.82. The van der Waals surface area contributed by atoms with Gasteiger partial charge in [0.2, 0.25) is 0 Å². The van der Waals surface area contributed by atoms with Gasteiger partial charge in [0.1, 0.15) is 0 Å². The minimum Gasteiger partial charge on any atom is -0.393 e. The van der Waals surface area contributed by atoms with Crippen LogP contribution in [0.4, 0.5) is 0 Å². The normalized spacial score (nSPS) is 13.0. The first-order valence-corrected chi connectivity index (χ1v) is 7.17. The molecule has 0 bridgehead atoms. The molecular weight excluding hydrogens is 236 g/mol. The van der Waals surface area contributed by atoms with Gasteiger partial charge in [-0.05, 0) is 49.4 Å². The summed E-state index contributed by atoms with van der Waals surface area (Å²) in [6.45, 7) is 6.86. The maximum absolute atomic E-state index is 9.40. The minimum atomic E-state index is -0.244. The Morgan fingerprint density at radius 1 is 1.32 bits per heavy atom. The Bertz CT molecular complexity index is 516. The zero-order chi connectivity index (χ0) is 13.7. The molecule has 0 aliphatic rings. The molecule has 104 valence electrons. The van der Waals surface area contributed by atoms with E-state index in [2.05, 4.69) is 47.3 Å². The van der Waals surface area contributed by atoms with Crippen LogP contribution in [0.1, 0.15) is 32.3 Å². The molecule has 1 aromatic heterocycles. The Balaban J connectivity index is 2.12. The van der Waals surface area contributed by atoms with Gasteiger partial charge in [0, 0.05) is 24.8 Å². The van der Waals surface area contributed by atoms with E-state index >= 15 is 0 Å². The number of fused-ring (bicyclic) bond motifs is 1. The number of aliphatic hydroxyl groups is 1. The second kappa shape index (κ2) is 6.73.